The first-order chi connectivity index (χ1) is 8.72. The van der Waals surface area contributed by atoms with Crippen molar-refractivity contribution in [2.75, 3.05) is 5.73 Å². The summed E-state index contributed by atoms with van der Waals surface area (Å²) in [7, 11) is 0. The van der Waals surface area contributed by atoms with E-state index in [2.05, 4.69) is 42.0 Å². The lowest BCUT2D eigenvalue weighted by atomic mass is 10.3. The van der Waals surface area contributed by atoms with E-state index >= 15 is 0 Å². The molecule has 1 saturated carbocycles. The fourth-order valence-corrected chi connectivity index (χ4v) is 2.81. The van der Waals surface area contributed by atoms with Crippen LogP contribution in [0.3, 0.4) is 0 Å². The first-order valence-corrected chi connectivity index (χ1v) is 6.91. The van der Waals surface area contributed by atoms with E-state index in [0.29, 0.717) is 17.3 Å². The fourth-order valence-electron chi connectivity index (χ4n) is 2.43. The zero-order valence-corrected chi connectivity index (χ0v) is 11.5. The van der Waals surface area contributed by atoms with Gasteiger partial charge in [0, 0.05) is 6.20 Å². The minimum Gasteiger partial charge on any atom is -0.366 e. The lowest BCUT2D eigenvalue weighted by molar-refractivity contribution is 0.460. The summed E-state index contributed by atoms with van der Waals surface area (Å²) in [6, 6.07) is 2.60. The SMILES string of the molecule is Nc1nc(Br)n(Cc2ccn(C3CCCC3)n2)n1. The Balaban J connectivity index is 1.75. The van der Waals surface area contributed by atoms with Crippen LogP contribution in [0.1, 0.15) is 37.4 Å². The molecular formula is C11H15BrN6. The van der Waals surface area contributed by atoms with Crippen LogP contribution >= 0.6 is 15.9 Å². The van der Waals surface area contributed by atoms with Crippen LogP contribution in [0.5, 0.6) is 0 Å². The van der Waals surface area contributed by atoms with Crippen LogP contribution in [-0.4, -0.2) is 24.5 Å². The molecule has 0 spiro atoms. The molecule has 7 heteroatoms. The molecular weight excluding hydrogens is 296 g/mol. The molecule has 2 N–H and O–H groups in total. The van der Waals surface area contributed by atoms with Gasteiger partial charge in [0.25, 0.3) is 0 Å². The summed E-state index contributed by atoms with van der Waals surface area (Å²) >= 11 is 3.32. The van der Waals surface area contributed by atoms with Gasteiger partial charge in [-0.05, 0) is 34.8 Å². The standard InChI is InChI=1S/C11H15BrN6/c12-10-14-11(13)16-18(10)7-8-5-6-17(15-8)9-3-1-2-4-9/h5-6,9H,1-4,7H2,(H2,13,16). The van der Waals surface area contributed by atoms with E-state index in [1.54, 1.807) is 4.68 Å². The topological polar surface area (TPSA) is 74.5 Å². The van der Waals surface area contributed by atoms with Crippen molar-refractivity contribution in [3.05, 3.63) is 22.7 Å². The molecule has 0 bridgehead atoms. The van der Waals surface area contributed by atoms with Crippen molar-refractivity contribution < 1.29 is 0 Å². The number of nitrogen functional groups attached to an aromatic ring is 1. The lowest BCUT2D eigenvalue weighted by Crippen LogP contribution is -2.08. The molecule has 0 radical (unpaired) electrons. The molecule has 0 atom stereocenters. The molecule has 18 heavy (non-hydrogen) atoms. The molecule has 2 aromatic rings. The van der Waals surface area contributed by atoms with Crippen molar-refractivity contribution in [2.45, 2.75) is 38.3 Å². The molecule has 96 valence electrons. The highest BCUT2D eigenvalue weighted by Gasteiger charge is 2.17. The maximum absolute atomic E-state index is 5.54. The van der Waals surface area contributed by atoms with Crippen molar-refractivity contribution in [2.24, 2.45) is 0 Å². The number of halogens is 1. The van der Waals surface area contributed by atoms with E-state index in [4.69, 9.17) is 5.73 Å². The van der Waals surface area contributed by atoms with Crippen LogP contribution in [0.4, 0.5) is 5.95 Å². The second kappa shape index (κ2) is 4.72. The monoisotopic (exact) mass is 310 g/mol. The van der Waals surface area contributed by atoms with Gasteiger partial charge in [0.1, 0.15) is 0 Å². The molecule has 6 nitrogen and oxygen atoms in total. The van der Waals surface area contributed by atoms with Crippen LogP contribution in [0, 0.1) is 0 Å². The first kappa shape index (κ1) is 11.7. The van der Waals surface area contributed by atoms with E-state index in [1.807, 2.05) is 6.07 Å². The Morgan fingerprint density at radius 2 is 2.11 bits per heavy atom. The van der Waals surface area contributed by atoms with E-state index in [1.165, 1.54) is 25.7 Å². The van der Waals surface area contributed by atoms with E-state index in [-0.39, 0.29) is 5.95 Å². The molecule has 0 aliphatic heterocycles. The Bertz CT molecular complexity index is 539. The number of hydrogen-bond acceptors (Lipinski definition) is 4. The summed E-state index contributed by atoms with van der Waals surface area (Å²) in [5.74, 6) is 0.275. The highest BCUT2D eigenvalue weighted by Crippen LogP contribution is 2.28. The molecule has 0 unspecified atom stereocenters. The Morgan fingerprint density at radius 3 is 2.78 bits per heavy atom. The number of anilines is 1. The summed E-state index contributed by atoms with van der Waals surface area (Å²) in [5.41, 5.74) is 6.52. The van der Waals surface area contributed by atoms with Gasteiger partial charge in [-0.25, -0.2) is 4.68 Å². The lowest BCUT2D eigenvalue weighted by Gasteiger charge is -2.08. The van der Waals surface area contributed by atoms with Crippen LogP contribution < -0.4 is 5.73 Å². The van der Waals surface area contributed by atoms with Crippen LogP contribution in [0.25, 0.3) is 0 Å². The van der Waals surface area contributed by atoms with Crippen molar-refractivity contribution in [3.63, 3.8) is 0 Å². The number of aromatic nitrogens is 5. The predicted octanol–water partition coefficient (Wildman–Crippen LogP) is 1.98. The highest BCUT2D eigenvalue weighted by atomic mass is 79.9. The van der Waals surface area contributed by atoms with Gasteiger partial charge in [-0.2, -0.15) is 10.1 Å². The zero-order valence-electron chi connectivity index (χ0n) is 9.96. The minimum atomic E-state index is 0.275. The van der Waals surface area contributed by atoms with Crippen molar-refractivity contribution in [1.29, 1.82) is 0 Å². The van der Waals surface area contributed by atoms with E-state index < -0.39 is 0 Å². The third-order valence-corrected chi connectivity index (χ3v) is 3.90. The Hall–Kier alpha value is -1.37. The van der Waals surface area contributed by atoms with Gasteiger partial charge in [0.15, 0.2) is 4.73 Å². The molecule has 1 aliphatic carbocycles. The van der Waals surface area contributed by atoms with E-state index in [9.17, 15) is 0 Å². The summed E-state index contributed by atoms with van der Waals surface area (Å²) in [6.07, 6.45) is 7.15. The van der Waals surface area contributed by atoms with Crippen LogP contribution in [0.15, 0.2) is 17.0 Å². The minimum absolute atomic E-state index is 0.275. The molecule has 1 aliphatic rings. The van der Waals surface area contributed by atoms with Gasteiger partial charge in [0.2, 0.25) is 5.95 Å². The average Bonchev–Trinajstić information content (AvgIpc) is 3.02. The van der Waals surface area contributed by atoms with Crippen molar-refractivity contribution >= 4 is 21.9 Å². The smallest absolute Gasteiger partial charge is 0.240 e. The molecule has 2 aromatic heterocycles. The summed E-state index contributed by atoms with van der Waals surface area (Å²) in [6.45, 7) is 0.588. The Morgan fingerprint density at radius 1 is 1.33 bits per heavy atom. The van der Waals surface area contributed by atoms with Crippen LogP contribution in [0.2, 0.25) is 0 Å². The van der Waals surface area contributed by atoms with Crippen LogP contribution in [-0.2, 0) is 6.54 Å². The van der Waals surface area contributed by atoms with Crippen molar-refractivity contribution in [3.8, 4) is 0 Å². The maximum Gasteiger partial charge on any atom is 0.240 e. The summed E-state index contributed by atoms with van der Waals surface area (Å²) in [4.78, 5) is 4.00. The van der Waals surface area contributed by atoms with Gasteiger partial charge in [-0.3, -0.25) is 4.68 Å². The molecule has 2 heterocycles. The highest BCUT2D eigenvalue weighted by molar-refractivity contribution is 9.10. The summed E-state index contributed by atoms with van der Waals surface area (Å²) < 4.78 is 4.42. The predicted molar refractivity (Wildman–Crippen MR) is 71.0 cm³/mol. The second-order valence-electron chi connectivity index (χ2n) is 4.62. The first-order valence-electron chi connectivity index (χ1n) is 6.12. The molecule has 0 aromatic carbocycles. The van der Waals surface area contributed by atoms with Gasteiger partial charge >= 0.3 is 0 Å². The average molecular weight is 311 g/mol. The molecule has 1 fully saturated rings. The zero-order chi connectivity index (χ0) is 12.5. The molecule has 0 amide bonds. The van der Waals surface area contributed by atoms with E-state index in [0.717, 1.165) is 5.69 Å². The van der Waals surface area contributed by atoms with Gasteiger partial charge in [-0.15, -0.1) is 5.10 Å². The quantitative estimate of drug-likeness (QED) is 0.940. The molecule has 0 saturated heterocycles. The largest absolute Gasteiger partial charge is 0.366 e. The Labute approximate surface area is 113 Å². The second-order valence-corrected chi connectivity index (χ2v) is 5.33. The van der Waals surface area contributed by atoms with Gasteiger partial charge < -0.3 is 5.73 Å². The number of rotatable bonds is 3. The normalized spacial score (nSPS) is 16.5. The van der Waals surface area contributed by atoms with Crippen molar-refractivity contribution in [1.82, 2.24) is 24.5 Å². The maximum atomic E-state index is 5.54. The summed E-state index contributed by atoms with van der Waals surface area (Å²) in [5, 5.41) is 8.70. The number of hydrogen-bond donors (Lipinski definition) is 1. The number of nitrogens with zero attached hydrogens (tertiary/aromatic N) is 5. The third-order valence-electron chi connectivity index (χ3n) is 3.32. The Kier molecular flexibility index (Phi) is 3.07. The van der Waals surface area contributed by atoms with Gasteiger partial charge in [0.05, 0.1) is 18.3 Å². The molecule has 3 rings (SSSR count). The van der Waals surface area contributed by atoms with Gasteiger partial charge in [-0.1, -0.05) is 12.8 Å². The number of nitrogens with two attached hydrogens (primary N) is 1. The fraction of sp³-hybridized carbons (Fsp3) is 0.545. The third kappa shape index (κ3) is 2.27.